The van der Waals surface area contributed by atoms with E-state index in [2.05, 4.69) is 10.2 Å². The molecule has 2 fully saturated rings. The van der Waals surface area contributed by atoms with Gasteiger partial charge in [-0.2, -0.15) is 0 Å². The third kappa shape index (κ3) is 1.97. The molecule has 3 nitrogen and oxygen atoms in total. The number of halogens is 1. The fraction of sp³-hybridized carbons (Fsp3) is 0.875. The smallest absolute Gasteiger partial charge is 0.133 e. The highest BCUT2D eigenvalue weighted by molar-refractivity contribution is 5.85. The molecule has 0 aliphatic carbocycles. The fourth-order valence-electron chi connectivity index (χ4n) is 2.14. The molecule has 0 aromatic heterocycles. The van der Waals surface area contributed by atoms with E-state index in [1.165, 1.54) is 12.8 Å². The first-order valence-electron chi connectivity index (χ1n) is 4.30. The zero-order chi connectivity index (χ0) is 7.68. The van der Waals surface area contributed by atoms with Crippen molar-refractivity contribution in [1.82, 2.24) is 10.2 Å². The largest absolute Gasteiger partial charge is 0.309 e. The minimum absolute atomic E-state index is 0. The average molecular weight is 191 g/mol. The van der Waals surface area contributed by atoms with Crippen molar-refractivity contribution in [2.45, 2.75) is 24.9 Å². The van der Waals surface area contributed by atoms with Crippen molar-refractivity contribution < 1.29 is 4.79 Å². The van der Waals surface area contributed by atoms with Crippen molar-refractivity contribution in [3.63, 3.8) is 0 Å². The number of carbonyl (C=O) groups is 1. The van der Waals surface area contributed by atoms with Gasteiger partial charge in [0.2, 0.25) is 0 Å². The van der Waals surface area contributed by atoms with Gasteiger partial charge in [0.15, 0.2) is 0 Å². The number of likely N-dealkylation sites (tertiary alicyclic amines) is 1. The van der Waals surface area contributed by atoms with Gasteiger partial charge in [-0.05, 0) is 12.8 Å². The van der Waals surface area contributed by atoms with E-state index in [0.29, 0.717) is 18.6 Å². The number of nitrogens with zero attached hydrogens (tertiary/aromatic N) is 1. The van der Waals surface area contributed by atoms with Crippen LogP contribution in [0.3, 0.4) is 0 Å². The van der Waals surface area contributed by atoms with Crippen LogP contribution in [-0.4, -0.2) is 42.9 Å². The summed E-state index contributed by atoms with van der Waals surface area (Å²) in [5, 5.41) is 3.52. The predicted molar refractivity (Wildman–Crippen MR) is 49.7 cm³/mol. The molecule has 0 aromatic rings. The van der Waals surface area contributed by atoms with E-state index in [9.17, 15) is 4.79 Å². The van der Waals surface area contributed by atoms with Crippen LogP contribution in [0.1, 0.15) is 12.8 Å². The van der Waals surface area contributed by atoms with E-state index < -0.39 is 0 Å². The monoisotopic (exact) mass is 190 g/mol. The van der Waals surface area contributed by atoms with E-state index in [4.69, 9.17) is 0 Å². The van der Waals surface area contributed by atoms with Gasteiger partial charge >= 0.3 is 0 Å². The van der Waals surface area contributed by atoms with Crippen LogP contribution in [0.5, 0.6) is 0 Å². The van der Waals surface area contributed by atoms with Crippen molar-refractivity contribution in [3.8, 4) is 0 Å². The Bertz CT molecular complexity index is 153. The summed E-state index contributed by atoms with van der Waals surface area (Å²) in [5.41, 5.74) is 0. The molecule has 0 aromatic carbocycles. The Kier molecular flexibility index (Phi) is 3.50. The van der Waals surface area contributed by atoms with E-state index in [1.54, 1.807) is 0 Å². The highest BCUT2D eigenvalue weighted by Gasteiger charge is 2.31. The third-order valence-electron chi connectivity index (χ3n) is 2.62. The summed E-state index contributed by atoms with van der Waals surface area (Å²) in [6.07, 6.45) is 3.59. The van der Waals surface area contributed by atoms with Crippen LogP contribution < -0.4 is 5.32 Å². The first kappa shape index (κ1) is 9.96. The molecule has 2 bridgehead atoms. The van der Waals surface area contributed by atoms with E-state index in [-0.39, 0.29) is 12.4 Å². The molecule has 2 aliphatic rings. The second-order valence-corrected chi connectivity index (χ2v) is 3.52. The van der Waals surface area contributed by atoms with Crippen LogP contribution in [0.15, 0.2) is 0 Å². The van der Waals surface area contributed by atoms with Crippen LogP contribution in [0.2, 0.25) is 0 Å². The van der Waals surface area contributed by atoms with Crippen molar-refractivity contribution in [2.24, 2.45) is 0 Å². The molecule has 0 saturated carbocycles. The molecule has 1 N–H and O–H groups in total. The first-order chi connectivity index (χ1) is 5.38. The topological polar surface area (TPSA) is 32.3 Å². The SMILES string of the molecule is Cl.O=CCN1CC2CCC(C1)N2. The second-order valence-electron chi connectivity index (χ2n) is 3.52. The Hall–Kier alpha value is -0.120. The Morgan fingerprint density at radius 1 is 1.33 bits per heavy atom. The molecule has 2 aliphatic heterocycles. The molecule has 0 spiro atoms. The molecule has 2 rings (SSSR count). The minimum atomic E-state index is 0. The fourth-order valence-corrected chi connectivity index (χ4v) is 2.14. The number of carbonyl (C=O) groups excluding carboxylic acids is 1. The molecule has 2 saturated heterocycles. The van der Waals surface area contributed by atoms with Gasteiger partial charge in [0.05, 0.1) is 6.54 Å². The van der Waals surface area contributed by atoms with Crippen LogP contribution in [-0.2, 0) is 4.79 Å². The van der Waals surface area contributed by atoms with Gasteiger partial charge in [-0.1, -0.05) is 0 Å². The van der Waals surface area contributed by atoms with Crippen molar-refractivity contribution >= 4 is 18.7 Å². The normalized spacial score (nSPS) is 34.3. The number of aldehydes is 1. The predicted octanol–water partition coefficient (Wildman–Crippen LogP) is 0.0433. The third-order valence-corrected chi connectivity index (χ3v) is 2.62. The maximum atomic E-state index is 10.2. The van der Waals surface area contributed by atoms with Crippen molar-refractivity contribution in [1.29, 1.82) is 0 Å². The van der Waals surface area contributed by atoms with E-state index in [1.807, 2.05) is 0 Å². The lowest BCUT2D eigenvalue weighted by Gasteiger charge is -2.31. The summed E-state index contributed by atoms with van der Waals surface area (Å²) in [6.45, 7) is 2.75. The number of hydrogen-bond acceptors (Lipinski definition) is 3. The maximum absolute atomic E-state index is 10.2. The number of rotatable bonds is 2. The molecule has 70 valence electrons. The molecule has 0 radical (unpaired) electrons. The van der Waals surface area contributed by atoms with E-state index >= 15 is 0 Å². The summed E-state index contributed by atoms with van der Waals surface area (Å²) < 4.78 is 0. The number of piperazine rings is 1. The quantitative estimate of drug-likeness (QED) is 0.625. The lowest BCUT2D eigenvalue weighted by molar-refractivity contribution is -0.109. The van der Waals surface area contributed by atoms with Crippen LogP contribution >= 0.6 is 12.4 Å². The van der Waals surface area contributed by atoms with Gasteiger partial charge in [0, 0.05) is 25.2 Å². The lowest BCUT2D eigenvalue weighted by atomic mass is 10.2. The summed E-state index contributed by atoms with van der Waals surface area (Å²) in [5.74, 6) is 0. The number of fused-ring (bicyclic) bond motifs is 2. The second kappa shape index (κ2) is 4.21. The zero-order valence-corrected chi connectivity index (χ0v) is 7.85. The maximum Gasteiger partial charge on any atom is 0.133 e. The molecule has 2 heterocycles. The Balaban J connectivity index is 0.000000720. The molecule has 0 amide bonds. The highest BCUT2D eigenvalue weighted by atomic mass is 35.5. The molecular formula is C8H15ClN2O. The van der Waals surface area contributed by atoms with E-state index in [0.717, 1.165) is 19.4 Å². The molecule has 2 unspecified atom stereocenters. The van der Waals surface area contributed by atoms with Gasteiger partial charge in [-0.25, -0.2) is 0 Å². The van der Waals surface area contributed by atoms with Crippen LogP contribution in [0.4, 0.5) is 0 Å². The number of nitrogens with one attached hydrogen (secondary N) is 1. The van der Waals surface area contributed by atoms with Gasteiger partial charge in [-0.3, -0.25) is 4.90 Å². The minimum Gasteiger partial charge on any atom is -0.309 e. The van der Waals surface area contributed by atoms with Gasteiger partial charge in [0.1, 0.15) is 6.29 Å². The van der Waals surface area contributed by atoms with Gasteiger partial charge < -0.3 is 10.1 Å². The summed E-state index contributed by atoms with van der Waals surface area (Å²) >= 11 is 0. The van der Waals surface area contributed by atoms with Crippen molar-refractivity contribution in [3.05, 3.63) is 0 Å². The lowest BCUT2D eigenvalue weighted by Crippen LogP contribution is -2.51. The Morgan fingerprint density at radius 2 is 1.92 bits per heavy atom. The molecule has 2 atom stereocenters. The Morgan fingerprint density at radius 3 is 2.42 bits per heavy atom. The number of hydrogen-bond donors (Lipinski definition) is 1. The summed E-state index contributed by atoms with van der Waals surface area (Å²) in [6, 6.07) is 1.32. The Labute approximate surface area is 78.9 Å². The molecular weight excluding hydrogens is 176 g/mol. The molecule has 12 heavy (non-hydrogen) atoms. The van der Waals surface area contributed by atoms with Crippen LogP contribution in [0, 0.1) is 0 Å². The molecule has 4 heteroatoms. The average Bonchev–Trinajstić information content (AvgIpc) is 2.32. The van der Waals surface area contributed by atoms with Crippen molar-refractivity contribution in [2.75, 3.05) is 19.6 Å². The first-order valence-corrected chi connectivity index (χ1v) is 4.30. The van der Waals surface area contributed by atoms with Gasteiger partial charge in [-0.15, -0.1) is 12.4 Å². The van der Waals surface area contributed by atoms with Gasteiger partial charge in [0.25, 0.3) is 0 Å². The van der Waals surface area contributed by atoms with Crippen LogP contribution in [0.25, 0.3) is 0 Å². The highest BCUT2D eigenvalue weighted by Crippen LogP contribution is 2.19. The standard InChI is InChI=1S/C8H14N2O.ClH/c11-4-3-10-5-7-1-2-8(6-10)9-7;/h4,7-9H,1-3,5-6H2;1H. The summed E-state index contributed by atoms with van der Waals surface area (Å²) in [4.78, 5) is 12.5. The zero-order valence-electron chi connectivity index (χ0n) is 7.03. The summed E-state index contributed by atoms with van der Waals surface area (Å²) in [7, 11) is 0.